The summed E-state index contributed by atoms with van der Waals surface area (Å²) in [4.78, 5) is 16.6. The van der Waals surface area contributed by atoms with Gasteiger partial charge in [0.15, 0.2) is 6.10 Å². The Morgan fingerprint density at radius 1 is 1.21 bits per heavy atom. The van der Waals surface area contributed by atoms with Gasteiger partial charge in [0.05, 0.1) is 0 Å². The van der Waals surface area contributed by atoms with Crippen molar-refractivity contribution >= 4 is 11.7 Å². The van der Waals surface area contributed by atoms with Crippen LogP contribution in [0.3, 0.4) is 0 Å². The number of aromatic nitrogens is 1. The Labute approximate surface area is 168 Å². The third-order valence-electron chi connectivity index (χ3n) is 4.48. The van der Waals surface area contributed by atoms with Gasteiger partial charge in [-0.2, -0.15) is 0 Å². The molecule has 1 amide bonds. The van der Waals surface area contributed by atoms with E-state index in [0.29, 0.717) is 11.1 Å². The fourth-order valence-electron chi connectivity index (χ4n) is 2.91. The Kier molecular flexibility index (Phi) is 6.31. The Hall–Kier alpha value is -3.58. The minimum Gasteiger partial charge on any atom is -0.384 e. The smallest absolute Gasteiger partial charge is 0.254 e. The molecule has 7 heteroatoms. The van der Waals surface area contributed by atoms with Gasteiger partial charge >= 0.3 is 0 Å². The molecule has 1 atom stereocenters. The summed E-state index contributed by atoms with van der Waals surface area (Å²) in [5, 5.41) is 10.1. The molecule has 148 valence electrons. The maximum Gasteiger partial charge on any atom is 0.254 e. The monoisotopic (exact) mass is 392 g/mol. The maximum absolute atomic E-state index is 14.7. The number of carbonyl (C=O) groups is 1. The number of rotatable bonds is 7. The van der Waals surface area contributed by atoms with Crippen molar-refractivity contribution in [3.8, 4) is 11.1 Å². The molecule has 2 aromatic carbocycles. The average molecular weight is 392 g/mol. The highest BCUT2D eigenvalue weighted by Crippen LogP contribution is 2.26. The topological polar surface area (TPSA) is 101 Å². The standard InChI is InChI=1S/C22H21FN4O2/c1-29-20(22(28)27-12-14-4-6-15(7-5-14)21(24)25)18-9-8-16(11-19(18)23)17-3-2-10-26-13-17/h2-11,13,20H,12H2,1H3,(H3,24,25)(H,27,28). The summed E-state index contributed by atoms with van der Waals surface area (Å²) in [5.74, 6) is -0.999. The summed E-state index contributed by atoms with van der Waals surface area (Å²) >= 11 is 0. The minimum atomic E-state index is -1.07. The quantitative estimate of drug-likeness (QED) is 0.425. The van der Waals surface area contributed by atoms with Gasteiger partial charge in [-0.25, -0.2) is 4.39 Å². The molecule has 0 bridgehead atoms. The molecule has 0 aliphatic heterocycles. The predicted octanol–water partition coefficient (Wildman–Crippen LogP) is 3.18. The van der Waals surface area contributed by atoms with Crippen molar-refractivity contribution in [3.05, 3.63) is 89.5 Å². The summed E-state index contributed by atoms with van der Waals surface area (Å²) in [6.07, 6.45) is 2.22. The second-order valence-corrected chi connectivity index (χ2v) is 6.42. The highest BCUT2D eigenvalue weighted by atomic mass is 19.1. The molecule has 3 rings (SSSR count). The van der Waals surface area contributed by atoms with E-state index in [4.69, 9.17) is 15.9 Å². The van der Waals surface area contributed by atoms with Crippen LogP contribution in [0.5, 0.6) is 0 Å². The van der Waals surface area contributed by atoms with Crippen LogP contribution in [-0.4, -0.2) is 23.8 Å². The number of amides is 1. The van der Waals surface area contributed by atoms with Gasteiger partial charge < -0.3 is 15.8 Å². The van der Waals surface area contributed by atoms with Crippen molar-refractivity contribution in [1.29, 1.82) is 5.41 Å². The second-order valence-electron chi connectivity index (χ2n) is 6.42. The number of hydrogen-bond donors (Lipinski definition) is 3. The van der Waals surface area contributed by atoms with Crippen molar-refractivity contribution in [2.75, 3.05) is 7.11 Å². The van der Waals surface area contributed by atoms with Crippen LogP contribution >= 0.6 is 0 Å². The number of nitrogen functional groups attached to an aromatic ring is 1. The molecular formula is C22H21FN4O2. The Bertz CT molecular complexity index is 1010. The second kappa shape index (κ2) is 9.07. The van der Waals surface area contributed by atoms with E-state index in [2.05, 4.69) is 10.3 Å². The number of nitrogens with zero attached hydrogens (tertiary/aromatic N) is 1. The van der Waals surface area contributed by atoms with E-state index in [1.54, 1.807) is 54.9 Å². The lowest BCUT2D eigenvalue weighted by atomic mass is 10.0. The van der Waals surface area contributed by atoms with E-state index in [1.807, 2.05) is 6.07 Å². The van der Waals surface area contributed by atoms with Gasteiger partial charge in [0.25, 0.3) is 5.91 Å². The number of amidine groups is 1. The van der Waals surface area contributed by atoms with Crippen LogP contribution in [0, 0.1) is 11.2 Å². The molecule has 0 fully saturated rings. The predicted molar refractivity (Wildman–Crippen MR) is 109 cm³/mol. The van der Waals surface area contributed by atoms with Gasteiger partial charge in [-0.05, 0) is 23.3 Å². The number of nitrogens with one attached hydrogen (secondary N) is 2. The SMILES string of the molecule is COC(C(=O)NCc1ccc(C(=N)N)cc1)c1ccc(-c2cccnc2)cc1F. The molecule has 1 unspecified atom stereocenters. The van der Waals surface area contributed by atoms with Crippen molar-refractivity contribution < 1.29 is 13.9 Å². The zero-order valence-electron chi connectivity index (χ0n) is 15.9. The number of hydrogen-bond acceptors (Lipinski definition) is 4. The van der Waals surface area contributed by atoms with E-state index >= 15 is 0 Å². The molecule has 3 aromatic rings. The molecule has 6 nitrogen and oxygen atoms in total. The number of methoxy groups -OCH3 is 1. The van der Waals surface area contributed by atoms with Crippen molar-refractivity contribution in [3.63, 3.8) is 0 Å². The fourth-order valence-corrected chi connectivity index (χ4v) is 2.91. The summed E-state index contributed by atoms with van der Waals surface area (Å²) in [6.45, 7) is 0.242. The fraction of sp³-hybridized carbons (Fsp3) is 0.136. The molecule has 0 aliphatic carbocycles. The van der Waals surface area contributed by atoms with E-state index in [-0.39, 0.29) is 17.9 Å². The van der Waals surface area contributed by atoms with Gasteiger partial charge in [0.2, 0.25) is 0 Å². The lowest BCUT2D eigenvalue weighted by Gasteiger charge is -2.17. The van der Waals surface area contributed by atoms with Crippen molar-refractivity contribution in [1.82, 2.24) is 10.3 Å². The third kappa shape index (κ3) is 4.83. The Morgan fingerprint density at radius 2 is 1.97 bits per heavy atom. The molecule has 0 radical (unpaired) electrons. The number of nitrogens with two attached hydrogens (primary N) is 1. The molecule has 1 heterocycles. The zero-order chi connectivity index (χ0) is 20.8. The lowest BCUT2D eigenvalue weighted by Crippen LogP contribution is -2.30. The summed E-state index contributed by atoms with van der Waals surface area (Å²) in [6, 6.07) is 15.2. The molecule has 1 aromatic heterocycles. The third-order valence-corrected chi connectivity index (χ3v) is 4.48. The largest absolute Gasteiger partial charge is 0.384 e. The summed E-state index contributed by atoms with van der Waals surface area (Å²) < 4.78 is 20.0. The van der Waals surface area contributed by atoms with Gasteiger partial charge in [-0.15, -0.1) is 0 Å². The van der Waals surface area contributed by atoms with Crippen LogP contribution in [0.4, 0.5) is 4.39 Å². The van der Waals surface area contributed by atoms with Crippen LogP contribution < -0.4 is 11.1 Å². The number of carbonyl (C=O) groups excluding carboxylic acids is 1. The highest BCUT2D eigenvalue weighted by Gasteiger charge is 2.23. The molecule has 0 saturated heterocycles. The molecule has 0 saturated carbocycles. The first-order chi connectivity index (χ1) is 14.0. The van der Waals surface area contributed by atoms with Crippen molar-refractivity contribution in [2.45, 2.75) is 12.6 Å². The molecule has 0 spiro atoms. The number of benzene rings is 2. The van der Waals surface area contributed by atoms with E-state index in [9.17, 15) is 9.18 Å². The molecule has 4 N–H and O–H groups in total. The van der Waals surface area contributed by atoms with Gasteiger partial charge in [0, 0.05) is 42.7 Å². The Morgan fingerprint density at radius 3 is 2.55 bits per heavy atom. The lowest BCUT2D eigenvalue weighted by molar-refractivity contribution is -0.131. The number of halogens is 1. The highest BCUT2D eigenvalue weighted by molar-refractivity contribution is 5.94. The van der Waals surface area contributed by atoms with E-state index in [1.165, 1.54) is 13.2 Å². The van der Waals surface area contributed by atoms with Crippen molar-refractivity contribution in [2.24, 2.45) is 5.73 Å². The van der Waals surface area contributed by atoms with Crippen LogP contribution in [0.1, 0.15) is 22.8 Å². The zero-order valence-corrected chi connectivity index (χ0v) is 15.9. The first-order valence-electron chi connectivity index (χ1n) is 8.93. The molecule has 29 heavy (non-hydrogen) atoms. The van der Waals surface area contributed by atoms with Crippen LogP contribution in [-0.2, 0) is 16.1 Å². The number of pyridine rings is 1. The molecular weight excluding hydrogens is 371 g/mol. The van der Waals surface area contributed by atoms with Gasteiger partial charge in [-0.1, -0.05) is 42.5 Å². The van der Waals surface area contributed by atoms with Gasteiger partial charge in [-0.3, -0.25) is 15.2 Å². The molecule has 0 aliphatic rings. The van der Waals surface area contributed by atoms with Crippen LogP contribution in [0.15, 0.2) is 67.0 Å². The average Bonchev–Trinajstić information content (AvgIpc) is 2.74. The first kappa shape index (κ1) is 20.2. The van der Waals surface area contributed by atoms with Crippen LogP contribution in [0.25, 0.3) is 11.1 Å². The first-order valence-corrected chi connectivity index (χ1v) is 8.93. The minimum absolute atomic E-state index is 0.0229. The normalized spacial score (nSPS) is 11.7. The van der Waals surface area contributed by atoms with E-state index < -0.39 is 17.8 Å². The van der Waals surface area contributed by atoms with Crippen LogP contribution in [0.2, 0.25) is 0 Å². The Balaban J connectivity index is 1.71. The summed E-state index contributed by atoms with van der Waals surface area (Å²) in [5.41, 5.74) is 8.46. The summed E-state index contributed by atoms with van der Waals surface area (Å²) in [7, 11) is 1.36. The van der Waals surface area contributed by atoms with E-state index in [0.717, 1.165) is 11.1 Å². The maximum atomic E-state index is 14.7. The number of ether oxygens (including phenoxy) is 1. The van der Waals surface area contributed by atoms with Gasteiger partial charge in [0.1, 0.15) is 11.7 Å².